The van der Waals surface area contributed by atoms with Crippen LogP contribution in [0.3, 0.4) is 0 Å². The highest BCUT2D eigenvalue weighted by molar-refractivity contribution is 7.90. The number of hydrogen-bond acceptors (Lipinski definition) is 3. The Morgan fingerprint density at radius 3 is 2.41 bits per heavy atom. The van der Waals surface area contributed by atoms with Gasteiger partial charge in [-0.25, -0.2) is 8.70 Å². The SMILES string of the molecule is C[C@@H](NC(=O)CN(c1ccc(F)cc1)S(=O)(=O)N(C)C)c1ccc2c(c1)CCC2. The molecule has 0 fully saturated rings. The number of nitrogens with one attached hydrogen (secondary N) is 1. The predicted molar refractivity (Wildman–Crippen MR) is 111 cm³/mol. The summed E-state index contributed by atoms with van der Waals surface area (Å²) in [5.41, 5.74) is 3.88. The quantitative estimate of drug-likeness (QED) is 0.750. The van der Waals surface area contributed by atoms with Crippen LogP contribution in [-0.4, -0.2) is 39.3 Å². The number of halogens is 1. The highest BCUT2D eigenvalue weighted by atomic mass is 32.2. The van der Waals surface area contributed by atoms with Crippen molar-refractivity contribution in [3.8, 4) is 0 Å². The van der Waals surface area contributed by atoms with Gasteiger partial charge in [0.25, 0.3) is 0 Å². The smallest absolute Gasteiger partial charge is 0.304 e. The van der Waals surface area contributed by atoms with E-state index in [9.17, 15) is 17.6 Å². The topological polar surface area (TPSA) is 69.7 Å². The molecular weight excluding hydrogens is 393 g/mol. The number of hydrogen-bond donors (Lipinski definition) is 1. The van der Waals surface area contributed by atoms with Crippen molar-refractivity contribution in [2.24, 2.45) is 0 Å². The summed E-state index contributed by atoms with van der Waals surface area (Å²) in [4.78, 5) is 12.7. The van der Waals surface area contributed by atoms with Gasteiger partial charge in [0.15, 0.2) is 0 Å². The molecule has 0 aliphatic heterocycles. The Hall–Kier alpha value is -2.45. The maximum Gasteiger partial charge on any atom is 0.304 e. The van der Waals surface area contributed by atoms with Crippen LogP contribution in [0.2, 0.25) is 0 Å². The zero-order chi connectivity index (χ0) is 21.2. The largest absolute Gasteiger partial charge is 0.348 e. The van der Waals surface area contributed by atoms with Crippen molar-refractivity contribution >= 4 is 21.8 Å². The van der Waals surface area contributed by atoms with Gasteiger partial charge in [-0.2, -0.15) is 12.7 Å². The molecule has 0 saturated carbocycles. The fraction of sp³-hybridized carbons (Fsp3) is 0.381. The summed E-state index contributed by atoms with van der Waals surface area (Å²) < 4.78 is 40.7. The summed E-state index contributed by atoms with van der Waals surface area (Å²) in [5.74, 6) is -0.918. The van der Waals surface area contributed by atoms with Crippen LogP contribution < -0.4 is 9.62 Å². The summed E-state index contributed by atoms with van der Waals surface area (Å²) in [5, 5.41) is 2.87. The molecule has 0 unspecified atom stereocenters. The lowest BCUT2D eigenvalue weighted by atomic mass is 10.0. The van der Waals surface area contributed by atoms with E-state index >= 15 is 0 Å². The number of anilines is 1. The Kier molecular flexibility index (Phi) is 6.24. The second kappa shape index (κ2) is 8.51. The van der Waals surface area contributed by atoms with E-state index in [-0.39, 0.29) is 11.7 Å². The summed E-state index contributed by atoms with van der Waals surface area (Å²) in [6.45, 7) is 1.47. The minimum Gasteiger partial charge on any atom is -0.348 e. The molecule has 1 amide bonds. The maximum absolute atomic E-state index is 13.3. The van der Waals surface area contributed by atoms with Crippen molar-refractivity contribution in [2.45, 2.75) is 32.2 Å². The van der Waals surface area contributed by atoms with Crippen LogP contribution >= 0.6 is 0 Å². The molecule has 2 aromatic rings. The van der Waals surface area contributed by atoms with Gasteiger partial charge in [-0.1, -0.05) is 18.2 Å². The minimum atomic E-state index is -3.93. The summed E-state index contributed by atoms with van der Waals surface area (Å²) in [7, 11) is -1.15. The molecule has 1 atom stereocenters. The van der Waals surface area contributed by atoms with Gasteiger partial charge in [0.1, 0.15) is 12.4 Å². The standard InChI is InChI=1S/C21H26FN3O3S/c1-15(17-8-7-16-5-4-6-18(16)13-17)23-21(26)14-25(29(27,28)24(2)3)20-11-9-19(22)10-12-20/h7-13,15H,4-6,14H2,1-3H3,(H,23,26)/t15-/m1/s1. The predicted octanol–water partition coefficient (Wildman–Crippen LogP) is 2.80. The lowest BCUT2D eigenvalue weighted by Crippen LogP contribution is -2.46. The van der Waals surface area contributed by atoms with Crippen LogP contribution in [0.4, 0.5) is 10.1 Å². The van der Waals surface area contributed by atoms with Crippen LogP contribution in [-0.2, 0) is 27.8 Å². The Bertz CT molecular complexity index is 991. The molecule has 2 aromatic carbocycles. The fourth-order valence-electron chi connectivity index (χ4n) is 3.47. The van der Waals surface area contributed by atoms with Gasteiger partial charge in [-0.3, -0.25) is 4.79 Å². The van der Waals surface area contributed by atoms with Crippen LogP contribution in [0.25, 0.3) is 0 Å². The van der Waals surface area contributed by atoms with Gasteiger partial charge in [0, 0.05) is 14.1 Å². The molecule has 0 bridgehead atoms. The number of benzene rings is 2. The van der Waals surface area contributed by atoms with Gasteiger partial charge in [-0.05, 0) is 67.1 Å². The van der Waals surface area contributed by atoms with Crippen molar-refractivity contribution < 1.29 is 17.6 Å². The zero-order valence-electron chi connectivity index (χ0n) is 16.9. The second-order valence-corrected chi connectivity index (χ2v) is 9.51. The Morgan fingerprint density at radius 2 is 1.76 bits per heavy atom. The molecular formula is C21H26FN3O3S. The third kappa shape index (κ3) is 4.76. The molecule has 0 spiro atoms. The lowest BCUT2D eigenvalue weighted by molar-refractivity contribution is -0.120. The van der Waals surface area contributed by atoms with E-state index in [4.69, 9.17) is 0 Å². The first-order valence-electron chi connectivity index (χ1n) is 9.55. The van der Waals surface area contributed by atoms with E-state index in [1.165, 1.54) is 49.5 Å². The zero-order valence-corrected chi connectivity index (χ0v) is 17.7. The van der Waals surface area contributed by atoms with E-state index in [0.717, 1.165) is 33.4 Å². The molecule has 0 radical (unpaired) electrons. The first-order valence-corrected chi connectivity index (χ1v) is 10.9. The van der Waals surface area contributed by atoms with Crippen LogP contribution in [0.5, 0.6) is 0 Å². The maximum atomic E-state index is 13.3. The van der Waals surface area contributed by atoms with E-state index in [0.29, 0.717) is 0 Å². The first kappa shape index (κ1) is 21.3. The molecule has 29 heavy (non-hydrogen) atoms. The van der Waals surface area contributed by atoms with Crippen molar-refractivity contribution in [3.63, 3.8) is 0 Å². The highest BCUT2D eigenvalue weighted by Crippen LogP contribution is 2.25. The molecule has 1 aliphatic rings. The summed E-state index contributed by atoms with van der Waals surface area (Å²) in [6.07, 6.45) is 3.28. The molecule has 156 valence electrons. The highest BCUT2D eigenvalue weighted by Gasteiger charge is 2.28. The van der Waals surface area contributed by atoms with Crippen molar-refractivity contribution in [2.75, 3.05) is 24.9 Å². The second-order valence-electron chi connectivity index (χ2n) is 7.44. The Labute approximate surface area is 171 Å². The van der Waals surface area contributed by atoms with Crippen LogP contribution in [0.1, 0.15) is 36.1 Å². The van der Waals surface area contributed by atoms with E-state index in [2.05, 4.69) is 17.4 Å². The number of fused-ring (bicyclic) bond motifs is 1. The molecule has 1 N–H and O–H groups in total. The van der Waals surface area contributed by atoms with Gasteiger partial charge < -0.3 is 5.32 Å². The van der Waals surface area contributed by atoms with Crippen LogP contribution in [0, 0.1) is 5.82 Å². The lowest BCUT2D eigenvalue weighted by Gasteiger charge is -2.27. The monoisotopic (exact) mass is 419 g/mol. The number of rotatable bonds is 7. The van der Waals surface area contributed by atoms with E-state index < -0.39 is 28.5 Å². The number of aryl methyl sites for hydroxylation is 2. The number of carbonyl (C=O) groups is 1. The summed E-state index contributed by atoms with van der Waals surface area (Å²) >= 11 is 0. The van der Waals surface area contributed by atoms with Gasteiger partial charge >= 0.3 is 10.2 Å². The van der Waals surface area contributed by atoms with Crippen molar-refractivity contribution in [3.05, 3.63) is 65.0 Å². The average Bonchev–Trinajstić information content (AvgIpc) is 3.14. The van der Waals surface area contributed by atoms with Crippen molar-refractivity contribution in [1.29, 1.82) is 0 Å². The molecule has 3 rings (SSSR count). The van der Waals surface area contributed by atoms with E-state index in [1.54, 1.807) is 0 Å². The molecule has 1 aliphatic carbocycles. The van der Waals surface area contributed by atoms with Gasteiger partial charge in [0.2, 0.25) is 5.91 Å². The number of carbonyl (C=O) groups excluding carboxylic acids is 1. The number of amides is 1. The molecule has 0 heterocycles. The fourth-order valence-corrected chi connectivity index (χ4v) is 4.54. The minimum absolute atomic E-state index is 0.223. The normalized spacial score (nSPS) is 14.5. The molecule has 8 heteroatoms. The molecule has 0 aromatic heterocycles. The number of nitrogens with zero attached hydrogens (tertiary/aromatic N) is 2. The Balaban J connectivity index is 1.76. The van der Waals surface area contributed by atoms with Gasteiger partial charge in [0.05, 0.1) is 11.7 Å². The summed E-state index contributed by atoms with van der Waals surface area (Å²) in [6, 6.07) is 11.0. The van der Waals surface area contributed by atoms with E-state index in [1.807, 2.05) is 13.0 Å². The molecule has 6 nitrogen and oxygen atoms in total. The first-order chi connectivity index (χ1) is 13.7. The van der Waals surface area contributed by atoms with Gasteiger partial charge in [-0.15, -0.1) is 0 Å². The third-order valence-electron chi connectivity index (χ3n) is 5.14. The molecule has 0 saturated heterocycles. The van der Waals surface area contributed by atoms with Crippen molar-refractivity contribution in [1.82, 2.24) is 9.62 Å². The third-order valence-corrected chi connectivity index (χ3v) is 6.96. The average molecular weight is 420 g/mol. The van der Waals surface area contributed by atoms with Crippen LogP contribution in [0.15, 0.2) is 42.5 Å². The Morgan fingerprint density at radius 1 is 1.10 bits per heavy atom.